The first-order valence-electron chi connectivity index (χ1n) is 9.52. The SMILES string of the molecule is O=C(NCC1CCCN(CCO)C1)N(Cc1ccncc1)Cc1ccco1. The topological polar surface area (TPSA) is 81.8 Å². The van der Waals surface area contributed by atoms with Gasteiger partial charge in [-0.1, -0.05) is 0 Å². The van der Waals surface area contributed by atoms with E-state index in [9.17, 15) is 4.79 Å². The number of aromatic nitrogens is 1. The molecule has 0 bridgehead atoms. The first-order valence-corrected chi connectivity index (χ1v) is 9.52. The van der Waals surface area contributed by atoms with Gasteiger partial charge in [-0.25, -0.2) is 4.79 Å². The monoisotopic (exact) mass is 372 g/mol. The van der Waals surface area contributed by atoms with E-state index in [2.05, 4.69) is 15.2 Å². The quantitative estimate of drug-likeness (QED) is 0.742. The summed E-state index contributed by atoms with van der Waals surface area (Å²) < 4.78 is 5.42. The van der Waals surface area contributed by atoms with Gasteiger partial charge in [0.15, 0.2) is 0 Å². The Bertz CT molecular complexity index is 676. The molecular formula is C20H28N4O3. The second-order valence-electron chi connectivity index (χ2n) is 7.01. The van der Waals surface area contributed by atoms with E-state index in [1.54, 1.807) is 23.6 Å². The van der Waals surface area contributed by atoms with E-state index >= 15 is 0 Å². The maximum absolute atomic E-state index is 12.8. The molecule has 2 amide bonds. The van der Waals surface area contributed by atoms with Gasteiger partial charge in [-0.2, -0.15) is 0 Å². The smallest absolute Gasteiger partial charge is 0.318 e. The minimum atomic E-state index is -0.0949. The van der Waals surface area contributed by atoms with Crippen LogP contribution in [0.4, 0.5) is 4.79 Å². The van der Waals surface area contributed by atoms with Crippen LogP contribution in [0, 0.1) is 5.92 Å². The molecule has 0 aromatic carbocycles. The summed E-state index contributed by atoms with van der Waals surface area (Å²) in [5.74, 6) is 1.17. The van der Waals surface area contributed by atoms with Gasteiger partial charge >= 0.3 is 6.03 Å². The molecule has 146 valence electrons. The molecule has 3 rings (SSSR count). The molecule has 1 saturated heterocycles. The van der Waals surface area contributed by atoms with E-state index in [4.69, 9.17) is 9.52 Å². The van der Waals surface area contributed by atoms with Gasteiger partial charge in [0.25, 0.3) is 0 Å². The van der Waals surface area contributed by atoms with Crippen molar-refractivity contribution in [2.75, 3.05) is 32.8 Å². The van der Waals surface area contributed by atoms with Crippen molar-refractivity contribution in [3.05, 3.63) is 54.2 Å². The number of piperidine rings is 1. The van der Waals surface area contributed by atoms with E-state index in [-0.39, 0.29) is 12.6 Å². The Hall–Kier alpha value is -2.38. The molecule has 1 aliphatic heterocycles. The number of carbonyl (C=O) groups is 1. The fourth-order valence-corrected chi connectivity index (χ4v) is 3.50. The van der Waals surface area contributed by atoms with Crippen LogP contribution in [0.25, 0.3) is 0 Å². The average molecular weight is 372 g/mol. The van der Waals surface area contributed by atoms with Crippen molar-refractivity contribution >= 4 is 6.03 Å². The summed E-state index contributed by atoms with van der Waals surface area (Å²) in [4.78, 5) is 20.9. The molecule has 0 aliphatic carbocycles. The highest BCUT2D eigenvalue weighted by Gasteiger charge is 2.22. The molecule has 1 unspecified atom stereocenters. The number of urea groups is 1. The summed E-state index contributed by atoms with van der Waals surface area (Å²) in [5, 5.41) is 12.2. The number of pyridine rings is 1. The minimum Gasteiger partial charge on any atom is -0.467 e. The van der Waals surface area contributed by atoms with Crippen LogP contribution >= 0.6 is 0 Å². The van der Waals surface area contributed by atoms with Gasteiger partial charge in [0.1, 0.15) is 5.76 Å². The summed E-state index contributed by atoms with van der Waals surface area (Å²) >= 11 is 0. The number of nitrogens with zero attached hydrogens (tertiary/aromatic N) is 3. The highest BCUT2D eigenvalue weighted by molar-refractivity contribution is 5.74. The van der Waals surface area contributed by atoms with Crippen LogP contribution in [-0.2, 0) is 13.1 Å². The number of hydrogen-bond donors (Lipinski definition) is 2. The number of likely N-dealkylation sites (tertiary alicyclic amines) is 1. The van der Waals surface area contributed by atoms with Gasteiger partial charge in [-0.15, -0.1) is 0 Å². The molecule has 0 spiro atoms. The maximum Gasteiger partial charge on any atom is 0.318 e. The number of aliphatic hydroxyl groups is 1. The standard InChI is InChI=1S/C20H28N4O3/c25-11-10-23-9-1-3-18(14-23)13-22-20(26)24(16-19-4-2-12-27-19)15-17-5-7-21-8-6-17/h2,4-8,12,18,25H,1,3,9-11,13-16H2,(H,22,26). The van der Waals surface area contributed by atoms with E-state index in [1.165, 1.54) is 0 Å². The number of amides is 2. The highest BCUT2D eigenvalue weighted by Crippen LogP contribution is 2.16. The molecule has 0 radical (unpaired) electrons. The lowest BCUT2D eigenvalue weighted by Crippen LogP contribution is -2.45. The second kappa shape index (κ2) is 10.1. The Morgan fingerprint density at radius 2 is 2.19 bits per heavy atom. The van der Waals surface area contributed by atoms with Gasteiger partial charge in [0.2, 0.25) is 0 Å². The average Bonchev–Trinajstić information content (AvgIpc) is 3.20. The third-order valence-corrected chi connectivity index (χ3v) is 4.90. The zero-order chi connectivity index (χ0) is 18.9. The predicted molar refractivity (Wildman–Crippen MR) is 102 cm³/mol. The van der Waals surface area contributed by atoms with Crippen LogP contribution in [-0.4, -0.2) is 58.7 Å². The number of β-amino-alcohol motifs (C(OH)–C–C–N with tert-alkyl or cyclic N) is 1. The minimum absolute atomic E-state index is 0.0949. The zero-order valence-corrected chi connectivity index (χ0v) is 15.6. The fourth-order valence-electron chi connectivity index (χ4n) is 3.50. The van der Waals surface area contributed by atoms with E-state index < -0.39 is 0 Å². The normalized spacial score (nSPS) is 17.6. The third-order valence-electron chi connectivity index (χ3n) is 4.90. The molecule has 0 saturated carbocycles. The Morgan fingerprint density at radius 1 is 1.33 bits per heavy atom. The molecule has 1 atom stereocenters. The lowest BCUT2D eigenvalue weighted by molar-refractivity contribution is 0.136. The second-order valence-corrected chi connectivity index (χ2v) is 7.01. The number of nitrogens with one attached hydrogen (secondary N) is 1. The van der Waals surface area contributed by atoms with Gasteiger partial charge in [-0.3, -0.25) is 4.98 Å². The third kappa shape index (κ3) is 6.08. The lowest BCUT2D eigenvalue weighted by Gasteiger charge is -2.32. The molecule has 2 aromatic heterocycles. The summed E-state index contributed by atoms with van der Waals surface area (Å²) in [5.41, 5.74) is 1.03. The first-order chi connectivity index (χ1) is 13.2. The Balaban J connectivity index is 1.57. The van der Waals surface area contributed by atoms with Crippen LogP contribution in [0.5, 0.6) is 0 Å². The van der Waals surface area contributed by atoms with Crippen molar-refractivity contribution in [1.29, 1.82) is 0 Å². The summed E-state index contributed by atoms with van der Waals surface area (Å²) in [6.45, 7) is 4.39. The summed E-state index contributed by atoms with van der Waals surface area (Å²) in [6.07, 6.45) is 7.29. The molecule has 2 N–H and O–H groups in total. The van der Waals surface area contributed by atoms with Gasteiger partial charge < -0.3 is 24.6 Å². The summed E-state index contributed by atoms with van der Waals surface area (Å²) in [6, 6.07) is 7.44. The Morgan fingerprint density at radius 3 is 2.93 bits per heavy atom. The van der Waals surface area contributed by atoms with Crippen LogP contribution in [0.1, 0.15) is 24.2 Å². The van der Waals surface area contributed by atoms with Crippen molar-refractivity contribution in [2.24, 2.45) is 5.92 Å². The van der Waals surface area contributed by atoms with Crippen molar-refractivity contribution in [1.82, 2.24) is 20.1 Å². The summed E-state index contributed by atoms with van der Waals surface area (Å²) in [7, 11) is 0. The van der Waals surface area contributed by atoms with Crippen molar-refractivity contribution in [3.63, 3.8) is 0 Å². The van der Waals surface area contributed by atoms with Crippen molar-refractivity contribution in [3.8, 4) is 0 Å². The molecule has 1 fully saturated rings. The van der Waals surface area contributed by atoms with E-state index in [0.717, 1.165) is 37.3 Å². The Kier molecular flexibility index (Phi) is 7.24. The fraction of sp³-hybridized carbons (Fsp3) is 0.500. The van der Waals surface area contributed by atoms with E-state index in [0.29, 0.717) is 32.1 Å². The van der Waals surface area contributed by atoms with Gasteiger partial charge in [0.05, 0.1) is 19.4 Å². The molecule has 7 nitrogen and oxygen atoms in total. The number of hydrogen-bond acceptors (Lipinski definition) is 5. The van der Waals surface area contributed by atoms with Crippen LogP contribution in [0.2, 0.25) is 0 Å². The highest BCUT2D eigenvalue weighted by atomic mass is 16.3. The number of rotatable bonds is 8. The van der Waals surface area contributed by atoms with Crippen LogP contribution in [0.15, 0.2) is 47.3 Å². The van der Waals surface area contributed by atoms with Crippen molar-refractivity contribution in [2.45, 2.75) is 25.9 Å². The van der Waals surface area contributed by atoms with E-state index in [1.807, 2.05) is 24.3 Å². The van der Waals surface area contributed by atoms with Gasteiger partial charge in [0, 0.05) is 38.6 Å². The molecule has 7 heteroatoms. The Labute approximate surface area is 160 Å². The molecule has 1 aliphatic rings. The van der Waals surface area contributed by atoms with Crippen molar-refractivity contribution < 1.29 is 14.3 Å². The number of furan rings is 1. The molecule has 27 heavy (non-hydrogen) atoms. The number of aliphatic hydroxyl groups excluding tert-OH is 1. The first kappa shape index (κ1) is 19.4. The zero-order valence-electron chi connectivity index (χ0n) is 15.6. The number of carbonyl (C=O) groups excluding carboxylic acids is 1. The largest absolute Gasteiger partial charge is 0.467 e. The van der Waals surface area contributed by atoms with Crippen LogP contribution < -0.4 is 5.32 Å². The van der Waals surface area contributed by atoms with Gasteiger partial charge in [-0.05, 0) is 55.1 Å². The molecular weight excluding hydrogens is 344 g/mol. The maximum atomic E-state index is 12.8. The molecule has 2 aromatic rings. The predicted octanol–water partition coefficient (Wildman–Crippen LogP) is 2.09. The lowest BCUT2D eigenvalue weighted by atomic mass is 9.98. The van der Waals surface area contributed by atoms with Crippen LogP contribution in [0.3, 0.4) is 0 Å². The molecule has 3 heterocycles.